The number of nitrogens with one attached hydrogen (secondary N) is 1. The molecule has 0 saturated heterocycles. The summed E-state index contributed by atoms with van der Waals surface area (Å²) in [7, 11) is 0. The fourth-order valence-electron chi connectivity index (χ4n) is 5.27. The van der Waals surface area contributed by atoms with Crippen LogP contribution in [0.2, 0.25) is 0 Å². The Balaban J connectivity index is 1.56. The third-order valence-corrected chi connectivity index (χ3v) is 7.11. The van der Waals surface area contributed by atoms with Crippen molar-refractivity contribution in [2.45, 2.75) is 83.3 Å². The molecule has 0 bridgehead atoms. The molecule has 2 fully saturated rings. The standard InChI is InChI=1S/C25H32N4O3/c1-25(2)12-20-22(21(31)13-25)23(14-3-4-14)28-29(20)16-7-10-18(24(26)32)19(11-16)27-15-5-8-17(30)9-6-15/h7,10-11,14-15,17,27,30H,3-6,8-9,12-13H2,1-2H3,(H2,26,32)/t15-,17-. The number of fused-ring (bicyclic) bond motifs is 1. The van der Waals surface area contributed by atoms with E-state index in [-0.39, 0.29) is 23.3 Å². The molecule has 2 aromatic rings. The number of aromatic nitrogens is 2. The Labute approximate surface area is 188 Å². The van der Waals surface area contributed by atoms with Crippen LogP contribution in [0.25, 0.3) is 5.69 Å². The number of nitrogens with zero attached hydrogens (tertiary/aromatic N) is 2. The quantitative estimate of drug-likeness (QED) is 0.662. The molecular weight excluding hydrogens is 404 g/mol. The molecule has 1 aromatic carbocycles. The second kappa shape index (κ2) is 7.73. The molecule has 32 heavy (non-hydrogen) atoms. The average Bonchev–Trinajstić information content (AvgIpc) is 3.50. The van der Waals surface area contributed by atoms with E-state index in [1.807, 2.05) is 16.8 Å². The van der Waals surface area contributed by atoms with Gasteiger partial charge in [0.1, 0.15) is 0 Å². The summed E-state index contributed by atoms with van der Waals surface area (Å²) in [6, 6.07) is 5.73. The van der Waals surface area contributed by atoms with Gasteiger partial charge in [-0.3, -0.25) is 9.59 Å². The molecule has 0 radical (unpaired) electrons. The molecule has 0 aliphatic heterocycles. The van der Waals surface area contributed by atoms with E-state index in [9.17, 15) is 14.7 Å². The highest BCUT2D eigenvalue weighted by molar-refractivity contribution is 6.01. The van der Waals surface area contributed by atoms with Crippen molar-refractivity contribution in [2.75, 3.05) is 5.32 Å². The maximum Gasteiger partial charge on any atom is 0.250 e. The number of hydrogen-bond donors (Lipinski definition) is 3. The highest BCUT2D eigenvalue weighted by Gasteiger charge is 2.40. The van der Waals surface area contributed by atoms with Crippen LogP contribution in [0.15, 0.2) is 18.2 Å². The van der Waals surface area contributed by atoms with Gasteiger partial charge in [0, 0.05) is 24.1 Å². The van der Waals surface area contributed by atoms with E-state index in [0.717, 1.165) is 67.6 Å². The summed E-state index contributed by atoms with van der Waals surface area (Å²) in [6.07, 6.45) is 6.44. The number of rotatable bonds is 5. The van der Waals surface area contributed by atoms with Crippen LogP contribution in [0.3, 0.4) is 0 Å². The number of primary amides is 1. The predicted octanol–water partition coefficient (Wildman–Crippen LogP) is 3.72. The zero-order valence-corrected chi connectivity index (χ0v) is 18.9. The van der Waals surface area contributed by atoms with E-state index >= 15 is 0 Å². The third-order valence-electron chi connectivity index (χ3n) is 7.11. The Kier molecular flexibility index (Phi) is 5.12. The highest BCUT2D eigenvalue weighted by atomic mass is 16.3. The van der Waals surface area contributed by atoms with Gasteiger partial charge in [0.25, 0.3) is 5.91 Å². The lowest BCUT2D eigenvalue weighted by Crippen LogP contribution is -2.29. The smallest absolute Gasteiger partial charge is 0.250 e. The molecule has 3 aliphatic carbocycles. The van der Waals surface area contributed by atoms with Gasteiger partial charge in [-0.15, -0.1) is 0 Å². The number of anilines is 1. The van der Waals surface area contributed by atoms with Crippen molar-refractivity contribution < 1.29 is 14.7 Å². The number of ketones is 1. The van der Waals surface area contributed by atoms with Crippen molar-refractivity contribution in [1.29, 1.82) is 0 Å². The lowest BCUT2D eigenvalue weighted by Gasteiger charge is -2.29. The van der Waals surface area contributed by atoms with Crippen LogP contribution in [0.4, 0.5) is 5.69 Å². The van der Waals surface area contributed by atoms with Crippen LogP contribution >= 0.6 is 0 Å². The number of carbonyl (C=O) groups excluding carboxylic acids is 2. The number of carbonyl (C=O) groups is 2. The van der Waals surface area contributed by atoms with Gasteiger partial charge in [-0.25, -0.2) is 4.68 Å². The fourth-order valence-corrected chi connectivity index (χ4v) is 5.27. The zero-order chi connectivity index (χ0) is 22.6. The SMILES string of the molecule is CC1(C)CC(=O)c2c(C3CC3)nn(-c3ccc(C(N)=O)c(N[C@H]4CC[C@H](O)CC4)c3)c2C1. The Hall–Kier alpha value is -2.67. The summed E-state index contributed by atoms with van der Waals surface area (Å²) in [5.74, 6) is 0.0935. The van der Waals surface area contributed by atoms with E-state index in [2.05, 4.69) is 19.2 Å². The predicted molar refractivity (Wildman–Crippen MR) is 122 cm³/mol. The van der Waals surface area contributed by atoms with Crippen LogP contribution in [0.5, 0.6) is 0 Å². The summed E-state index contributed by atoms with van der Waals surface area (Å²) in [6.45, 7) is 4.26. The normalized spacial score (nSPS) is 24.8. The average molecular weight is 437 g/mol. The van der Waals surface area contributed by atoms with Gasteiger partial charge in [0.05, 0.1) is 34.3 Å². The molecule has 4 N–H and O–H groups in total. The minimum Gasteiger partial charge on any atom is -0.393 e. The molecule has 7 heteroatoms. The molecule has 3 aliphatic rings. The Morgan fingerprint density at radius 2 is 1.88 bits per heavy atom. The molecule has 2 saturated carbocycles. The number of aliphatic hydroxyl groups is 1. The van der Waals surface area contributed by atoms with Crippen LogP contribution in [0, 0.1) is 5.41 Å². The number of aliphatic hydroxyl groups excluding tert-OH is 1. The first-order valence-electron chi connectivity index (χ1n) is 11.8. The fraction of sp³-hybridized carbons (Fsp3) is 0.560. The van der Waals surface area contributed by atoms with E-state index in [1.165, 1.54) is 0 Å². The minimum absolute atomic E-state index is 0.111. The van der Waals surface area contributed by atoms with Crippen LogP contribution in [-0.2, 0) is 6.42 Å². The van der Waals surface area contributed by atoms with Crippen LogP contribution in [-0.4, -0.2) is 38.7 Å². The second-order valence-corrected chi connectivity index (χ2v) is 10.6. The molecule has 0 spiro atoms. The lowest BCUT2D eigenvalue weighted by molar-refractivity contribution is 0.0909. The molecule has 0 unspecified atom stereocenters. The van der Waals surface area contributed by atoms with E-state index in [0.29, 0.717) is 23.6 Å². The van der Waals surface area contributed by atoms with E-state index < -0.39 is 5.91 Å². The third kappa shape index (κ3) is 3.94. The number of hydrogen-bond acceptors (Lipinski definition) is 5. The van der Waals surface area contributed by atoms with Gasteiger partial charge >= 0.3 is 0 Å². The van der Waals surface area contributed by atoms with E-state index in [1.54, 1.807) is 6.07 Å². The minimum atomic E-state index is -0.479. The van der Waals surface area contributed by atoms with Crippen LogP contribution in [0.1, 0.15) is 96.8 Å². The van der Waals surface area contributed by atoms with Gasteiger partial charge in [-0.1, -0.05) is 13.8 Å². The molecule has 170 valence electrons. The van der Waals surface area contributed by atoms with E-state index in [4.69, 9.17) is 10.8 Å². The molecule has 5 rings (SSSR count). The van der Waals surface area contributed by atoms with Gasteiger partial charge in [0.2, 0.25) is 0 Å². The molecule has 1 heterocycles. The Bertz CT molecular complexity index is 1080. The van der Waals surface area contributed by atoms with Crippen molar-refractivity contribution >= 4 is 17.4 Å². The molecule has 1 amide bonds. The van der Waals surface area contributed by atoms with Gasteiger partial charge in [0.15, 0.2) is 5.78 Å². The molecule has 1 aromatic heterocycles. The van der Waals surface area contributed by atoms with Gasteiger partial charge in [-0.05, 0) is 68.6 Å². The topological polar surface area (TPSA) is 110 Å². The first-order chi connectivity index (χ1) is 15.2. The Morgan fingerprint density at radius 1 is 1.16 bits per heavy atom. The van der Waals surface area contributed by atoms with Crippen LogP contribution < -0.4 is 11.1 Å². The maximum atomic E-state index is 13.1. The summed E-state index contributed by atoms with van der Waals surface area (Å²) >= 11 is 0. The van der Waals surface area contributed by atoms with Gasteiger partial charge < -0.3 is 16.2 Å². The monoisotopic (exact) mass is 436 g/mol. The lowest BCUT2D eigenvalue weighted by atomic mass is 9.75. The maximum absolute atomic E-state index is 13.1. The number of benzene rings is 1. The zero-order valence-electron chi connectivity index (χ0n) is 18.9. The summed E-state index contributed by atoms with van der Waals surface area (Å²) in [5, 5.41) is 18.2. The Morgan fingerprint density at radius 3 is 2.53 bits per heavy atom. The number of Topliss-reactive ketones (excluding diaryl/α,β-unsaturated/α-hetero) is 1. The van der Waals surface area contributed by atoms with Crippen molar-refractivity contribution in [2.24, 2.45) is 11.1 Å². The van der Waals surface area contributed by atoms with Crippen molar-refractivity contribution in [3.63, 3.8) is 0 Å². The summed E-state index contributed by atoms with van der Waals surface area (Å²) < 4.78 is 1.92. The second-order valence-electron chi connectivity index (χ2n) is 10.6. The number of amides is 1. The summed E-state index contributed by atoms with van der Waals surface area (Å²) in [4.78, 5) is 25.2. The molecule has 0 atom stereocenters. The first-order valence-corrected chi connectivity index (χ1v) is 11.8. The molecular formula is C25H32N4O3. The van der Waals surface area contributed by atoms with Crippen molar-refractivity contribution in [3.8, 4) is 5.69 Å². The van der Waals surface area contributed by atoms with Crippen molar-refractivity contribution in [3.05, 3.63) is 40.7 Å². The number of nitrogens with two attached hydrogens (primary N) is 1. The van der Waals surface area contributed by atoms with Gasteiger partial charge in [-0.2, -0.15) is 5.10 Å². The largest absolute Gasteiger partial charge is 0.393 e. The summed E-state index contributed by atoms with van der Waals surface area (Å²) in [5.41, 5.74) is 10.3. The molecule has 7 nitrogen and oxygen atoms in total. The highest BCUT2D eigenvalue weighted by Crippen LogP contribution is 2.46. The van der Waals surface area contributed by atoms with Crippen molar-refractivity contribution in [1.82, 2.24) is 9.78 Å². The first kappa shape index (κ1) is 21.2.